The monoisotopic (exact) mass is 349 g/mol. The maximum absolute atomic E-state index is 14.4. The molecule has 0 spiro atoms. The fraction of sp³-hybridized carbons (Fsp3) is 0.333. The Bertz CT molecular complexity index is 884. The van der Waals surface area contributed by atoms with Crippen molar-refractivity contribution in [3.8, 4) is 11.1 Å². The number of halogens is 1. The first-order chi connectivity index (χ1) is 12.3. The van der Waals surface area contributed by atoms with Crippen LogP contribution >= 0.6 is 0 Å². The van der Waals surface area contributed by atoms with Gasteiger partial charge in [0.05, 0.1) is 0 Å². The molecular weight excluding hydrogens is 321 g/mol. The summed E-state index contributed by atoms with van der Waals surface area (Å²) < 4.78 is 16.7. The largest absolute Gasteiger partial charge is 0.346 e. The van der Waals surface area contributed by atoms with E-state index >= 15 is 0 Å². The van der Waals surface area contributed by atoms with Gasteiger partial charge in [0.1, 0.15) is 5.82 Å². The first-order valence-electron chi connectivity index (χ1n) is 9.26. The average Bonchev–Trinajstić information content (AvgIpc) is 2.99. The number of nitrogens with zero attached hydrogens (tertiary/aromatic N) is 1. The molecule has 26 heavy (non-hydrogen) atoms. The van der Waals surface area contributed by atoms with E-state index < -0.39 is 0 Å². The predicted octanol–water partition coefficient (Wildman–Crippen LogP) is 6.80. The Balaban J connectivity index is 2.09. The molecule has 2 heteroatoms. The number of aromatic nitrogens is 1. The van der Waals surface area contributed by atoms with Crippen molar-refractivity contribution in [3.63, 3.8) is 0 Å². The van der Waals surface area contributed by atoms with Crippen molar-refractivity contribution in [3.05, 3.63) is 83.4 Å². The van der Waals surface area contributed by atoms with Crippen molar-refractivity contribution in [2.24, 2.45) is 5.41 Å². The molecule has 0 amide bonds. The molecule has 1 nitrogen and oxygen atoms in total. The Labute approximate surface area is 156 Å². The van der Waals surface area contributed by atoms with E-state index in [4.69, 9.17) is 0 Å². The minimum absolute atomic E-state index is 0.134. The van der Waals surface area contributed by atoms with Gasteiger partial charge >= 0.3 is 0 Å². The summed E-state index contributed by atoms with van der Waals surface area (Å²) in [5, 5.41) is 0. The lowest BCUT2D eigenvalue weighted by Crippen LogP contribution is -2.18. The van der Waals surface area contributed by atoms with Crippen LogP contribution in [0.4, 0.5) is 4.39 Å². The first-order valence-corrected chi connectivity index (χ1v) is 9.26. The molecule has 0 N–H and O–H groups in total. The van der Waals surface area contributed by atoms with Gasteiger partial charge in [-0.2, -0.15) is 0 Å². The number of benzene rings is 2. The summed E-state index contributed by atoms with van der Waals surface area (Å²) in [6.45, 7) is 11.8. The fourth-order valence-electron chi connectivity index (χ4n) is 3.26. The molecule has 1 atom stereocenters. The van der Waals surface area contributed by atoms with Crippen molar-refractivity contribution < 1.29 is 4.39 Å². The molecule has 1 unspecified atom stereocenters. The van der Waals surface area contributed by atoms with Crippen molar-refractivity contribution in [1.82, 2.24) is 4.57 Å². The minimum atomic E-state index is -0.164. The summed E-state index contributed by atoms with van der Waals surface area (Å²) in [5.41, 5.74) is 5.34. The van der Waals surface area contributed by atoms with Crippen LogP contribution in [0.5, 0.6) is 0 Å². The third-order valence-corrected chi connectivity index (χ3v) is 5.30. The van der Waals surface area contributed by atoms with E-state index in [1.165, 1.54) is 11.3 Å². The topological polar surface area (TPSA) is 4.93 Å². The van der Waals surface area contributed by atoms with Crippen LogP contribution in [0.1, 0.15) is 50.4 Å². The first kappa shape index (κ1) is 18.4. The standard InChI is InChI=1S/C24H28FN/c1-17-11-12-22(25)21(13-17)20-14-23(18(2)24(3,4)5)26(16-20)15-19-9-7-6-8-10-19/h6-14,16,18H,15H2,1-5H3. The maximum Gasteiger partial charge on any atom is 0.131 e. The average molecular weight is 349 g/mol. The summed E-state index contributed by atoms with van der Waals surface area (Å²) in [6.07, 6.45) is 2.10. The van der Waals surface area contributed by atoms with E-state index in [1.807, 2.05) is 25.1 Å². The second-order valence-electron chi connectivity index (χ2n) is 8.34. The maximum atomic E-state index is 14.4. The minimum Gasteiger partial charge on any atom is -0.346 e. The van der Waals surface area contributed by atoms with Gasteiger partial charge < -0.3 is 4.57 Å². The molecule has 0 saturated carbocycles. The van der Waals surface area contributed by atoms with Crippen LogP contribution in [0, 0.1) is 18.2 Å². The lowest BCUT2D eigenvalue weighted by molar-refractivity contribution is 0.327. The highest BCUT2D eigenvalue weighted by atomic mass is 19.1. The van der Waals surface area contributed by atoms with Crippen LogP contribution < -0.4 is 0 Å². The number of hydrogen-bond donors (Lipinski definition) is 0. The molecule has 3 rings (SSSR count). The third-order valence-electron chi connectivity index (χ3n) is 5.30. The number of aryl methyl sites for hydroxylation is 1. The highest BCUT2D eigenvalue weighted by molar-refractivity contribution is 5.65. The van der Waals surface area contributed by atoms with Crippen LogP contribution in [0.25, 0.3) is 11.1 Å². The summed E-state index contributed by atoms with van der Waals surface area (Å²) in [6, 6.07) is 17.9. The smallest absolute Gasteiger partial charge is 0.131 e. The van der Waals surface area contributed by atoms with Gasteiger partial charge in [0.2, 0.25) is 0 Å². The van der Waals surface area contributed by atoms with Crippen molar-refractivity contribution >= 4 is 0 Å². The highest BCUT2D eigenvalue weighted by Gasteiger charge is 2.25. The lowest BCUT2D eigenvalue weighted by Gasteiger charge is -2.28. The van der Waals surface area contributed by atoms with E-state index in [-0.39, 0.29) is 11.2 Å². The second kappa shape index (κ2) is 7.11. The highest BCUT2D eigenvalue weighted by Crippen LogP contribution is 2.38. The second-order valence-corrected chi connectivity index (χ2v) is 8.34. The Hall–Kier alpha value is -2.35. The van der Waals surface area contributed by atoms with E-state index in [2.05, 4.69) is 68.8 Å². The molecule has 0 fully saturated rings. The van der Waals surface area contributed by atoms with Crippen molar-refractivity contribution in [2.45, 2.75) is 47.1 Å². The van der Waals surface area contributed by atoms with E-state index in [9.17, 15) is 4.39 Å². The summed E-state index contributed by atoms with van der Waals surface area (Å²) >= 11 is 0. The van der Waals surface area contributed by atoms with Crippen LogP contribution in [0.15, 0.2) is 60.8 Å². The Morgan fingerprint density at radius 3 is 2.35 bits per heavy atom. The van der Waals surface area contributed by atoms with Crippen molar-refractivity contribution in [2.75, 3.05) is 0 Å². The molecule has 1 heterocycles. The molecule has 0 aliphatic carbocycles. The zero-order chi connectivity index (χ0) is 18.9. The van der Waals surface area contributed by atoms with E-state index in [0.29, 0.717) is 11.5 Å². The van der Waals surface area contributed by atoms with Gasteiger partial charge in [0.25, 0.3) is 0 Å². The van der Waals surface area contributed by atoms with Gasteiger partial charge in [-0.25, -0.2) is 4.39 Å². The Kier molecular flexibility index (Phi) is 5.04. The van der Waals surface area contributed by atoms with Crippen LogP contribution in [0.2, 0.25) is 0 Å². The fourth-order valence-corrected chi connectivity index (χ4v) is 3.26. The molecular formula is C24H28FN. The summed E-state index contributed by atoms with van der Waals surface area (Å²) in [4.78, 5) is 0. The predicted molar refractivity (Wildman–Crippen MR) is 108 cm³/mol. The van der Waals surface area contributed by atoms with Gasteiger partial charge in [0, 0.05) is 35.5 Å². The van der Waals surface area contributed by atoms with Crippen LogP contribution in [0.3, 0.4) is 0 Å². The quantitative estimate of drug-likeness (QED) is 0.488. The summed E-state index contributed by atoms with van der Waals surface area (Å²) in [7, 11) is 0. The molecule has 0 aliphatic rings. The number of hydrogen-bond acceptors (Lipinski definition) is 0. The molecule has 0 radical (unpaired) electrons. The SMILES string of the molecule is Cc1ccc(F)c(-c2cc(C(C)C(C)(C)C)n(Cc3ccccc3)c2)c1. The zero-order valence-electron chi connectivity index (χ0n) is 16.4. The molecule has 0 bridgehead atoms. The van der Waals surface area contributed by atoms with Gasteiger partial charge in [0.15, 0.2) is 0 Å². The van der Waals surface area contributed by atoms with Crippen LogP contribution in [-0.2, 0) is 6.54 Å². The molecule has 0 aliphatic heterocycles. The number of rotatable bonds is 4. The molecule has 2 aromatic carbocycles. The van der Waals surface area contributed by atoms with Gasteiger partial charge in [-0.3, -0.25) is 0 Å². The molecule has 1 aromatic heterocycles. The lowest BCUT2D eigenvalue weighted by atomic mass is 9.80. The molecule has 136 valence electrons. The molecule has 0 saturated heterocycles. The van der Waals surface area contributed by atoms with E-state index in [0.717, 1.165) is 17.7 Å². The van der Waals surface area contributed by atoms with E-state index in [1.54, 1.807) is 6.07 Å². The van der Waals surface area contributed by atoms with Gasteiger partial charge in [-0.15, -0.1) is 0 Å². The van der Waals surface area contributed by atoms with Crippen molar-refractivity contribution in [1.29, 1.82) is 0 Å². The third kappa shape index (κ3) is 3.90. The van der Waals surface area contributed by atoms with Crippen LogP contribution in [-0.4, -0.2) is 4.57 Å². The van der Waals surface area contributed by atoms with Gasteiger partial charge in [-0.1, -0.05) is 69.7 Å². The molecule has 3 aromatic rings. The Morgan fingerprint density at radius 1 is 1.00 bits per heavy atom. The zero-order valence-corrected chi connectivity index (χ0v) is 16.4. The normalized spacial score (nSPS) is 13.0. The summed E-state index contributed by atoms with van der Waals surface area (Å²) in [5.74, 6) is 0.190. The Morgan fingerprint density at radius 2 is 1.69 bits per heavy atom. The van der Waals surface area contributed by atoms with Gasteiger partial charge in [-0.05, 0) is 36.1 Å².